The summed E-state index contributed by atoms with van der Waals surface area (Å²) in [7, 11) is 0. The highest BCUT2D eigenvalue weighted by atomic mass is 35.5. The number of thiazole rings is 1. The number of nitrogens with one attached hydrogen (secondary N) is 1. The molecule has 2 heterocycles. The summed E-state index contributed by atoms with van der Waals surface area (Å²) in [4.78, 5) is 32.3. The second-order valence-corrected chi connectivity index (χ2v) is 7.64. The number of aromatic nitrogens is 2. The van der Waals surface area contributed by atoms with Crippen molar-refractivity contribution >= 4 is 39.7 Å². The van der Waals surface area contributed by atoms with E-state index in [1.807, 2.05) is 12.1 Å². The fourth-order valence-electron chi connectivity index (χ4n) is 2.77. The van der Waals surface area contributed by atoms with E-state index in [1.54, 1.807) is 42.6 Å². The van der Waals surface area contributed by atoms with Crippen LogP contribution in [-0.4, -0.2) is 20.8 Å². The van der Waals surface area contributed by atoms with E-state index in [0.717, 1.165) is 10.4 Å². The Morgan fingerprint density at radius 1 is 1.03 bits per heavy atom. The molecule has 0 atom stereocenters. The van der Waals surface area contributed by atoms with Crippen molar-refractivity contribution in [2.24, 2.45) is 0 Å². The van der Waals surface area contributed by atoms with Gasteiger partial charge in [-0.05, 0) is 42.0 Å². The third-order valence-electron chi connectivity index (χ3n) is 4.23. The smallest absolute Gasteiger partial charge is 0.269 e. The van der Waals surface area contributed by atoms with Crippen molar-refractivity contribution in [1.82, 2.24) is 9.97 Å². The van der Waals surface area contributed by atoms with Gasteiger partial charge in [0.05, 0.1) is 21.1 Å². The van der Waals surface area contributed by atoms with Gasteiger partial charge < -0.3 is 0 Å². The molecule has 0 radical (unpaired) electrons. The molecule has 0 fully saturated rings. The first-order valence-electron chi connectivity index (χ1n) is 8.74. The predicted octanol–water partition coefficient (Wildman–Crippen LogP) is 5.69. The van der Waals surface area contributed by atoms with Crippen molar-refractivity contribution in [1.29, 1.82) is 0 Å². The number of rotatable bonds is 5. The number of pyridine rings is 1. The van der Waals surface area contributed by atoms with Crippen LogP contribution in [0.4, 0.5) is 10.8 Å². The minimum atomic E-state index is -0.454. The first kappa shape index (κ1) is 19.7. The number of hydrogen-bond donors (Lipinski definition) is 1. The van der Waals surface area contributed by atoms with Crippen LogP contribution in [0.2, 0.25) is 5.02 Å². The number of hydrogen-bond acceptors (Lipinski definition) is 6. The standard InChI is InChI=1S/C21H13ClN4O3S/c22-16-7-3-14(4-8-16)19-18(13-5-9-17(10-6-13)26(28)29)24-21(30-19)25-20(27)15-2-1-11-23-12-15/h1-12H,(H,24,25,27). The van der Waals surface area contributed by atoms with Crippen LogP contribution < -0.4 is 5.32 Å². The average Bonchev–Trinajstić information content (AvgIpc) is 3.18. The highest BCUT2D eigenvalue weighted by molar-refractivity contribution is 7.19. The number of carbonyl (C=O) groups excluding carboxylic acids is 1. The number of nitro benzene ring substituents is 1. The lowest BCUT2D eigenvalue weighted by atomic mass is 10.1. The van der Waals surface area contributed by atoms with Gasteiger partial charge >= 0.3 is 0 Å². The van der Waals surface area contributed by atoms with Crippen molar-refractivity contribution in [3.05, 3.63) is 93.8 Å². The number of nitrogens with zero attached hydrogens (tertiary/aromatic N) is 3. The van der Waals surface area contributed by atoms with E-state index in [4.69, 9.17) is 11.6 Å². The van der Waals surface area contributed by atoms with Crippen molar-refractivity contribution in [3.8, 4) is 21.7 Å². The Morgan fingerprint density at radius 2 is 1.73 bits per heavy atom. The molecule has 2 aromatic carbocycles. The van der Waals surface area contributed by atoms with Crippen LogP contribution in [0.1, 0.15) is 10.4 Å². The molecule has 2 aromatic heterocycles. The van der Waals surface area contributed by atoms with Gasteiger partial charge in [-0.25, -0.2) is 4.98 Å². The summed E-state index contributed by atoms with van der Waals surface area (Å²) in [6.07, 6.45) is 3.06. The molecule has 148 valence electrons. The van der Waals surface area contributed by atoms with Crippen LogP contribution in [-0.2, 0) is 0 Å². The molecular formula is C21H13ClN4O3S. The van der Waals surface area contributed by atoms with Gasteiger partial charge in [0.2, 0.25) is 0 Å². The largest absolute Gasteiger partial charge is 0.298 e. The third kappa shape index (κ3) is 4.19. The molecule has 0 saturated carbocycles. The highest BCUT2D eigenvalue weighted by Gasteiger charge is 2.18. The van der Waals surface area contributed by atoms with Gasteiger partial charge in [-0.1, -0.05) is 35.1 Å². The fraction of sp³-hybridized carbons (Fsp3) is 0. The average molecular weight is 437 g/mol. The van der Waals surface area contributed by atoms with E-state index in [2.05, 4.69) is 15.3 Å². The fourth-order valence-corrected chi connectivity index (χ4v) is 3.89. The maximum absolute atomic E-state index is 12.5. The Labute approximate surface area is 180 Å². The van der Waals surface area contributed by atoms with Gasteiger partial charge in [-0.2, -0.15) is 0 Å². The van der Waals surface area contributed by atoms with Crippen molar-refractivity contribution < 1.29 is 9.72 Å². The molecule has 0 unspecified atom stereocenters. The summed E-state index contributed by atoms with van der Waals surface area (Å²) in [5, 5.41) is 14.8. The molecule has 7 nitrogen and oxygen atoms in total. The molecule has 1 N–H and O–H groups in total. The summed E-state index contributed by atoms with van der Waals surface area (Å²) in [6.45, 7) is 0. The van der Waals surface area contributed by atoms with E-state index in [9.17, 15) is 14.9 Å². The van der Waals surface area contributed by atoms with Gasteiger partial charge in [0.15, 0.2) is 5.13 Å². The van der Waals surface area contributed by atoms with Crippen LogP contribution in [0.15, 0.2) is 73.1 Å². The quantitative estimate of drug-likeness (QED) is 0.320. The number of amides is 1. The van der Waals surface area contributed by atoms with Crippen LogP contribution in [0.5, 0.6) is 0 Å². The van der Waals surface area contributed by atoms with E-state index in [0.29, 0.717) is 27.0 Å². The molecule has 0 bridgehead atoms. The minimum Gasteiger partial charge on any atom is -0.298 e. The molecule has 0 aliphatic heterocycles. The zero-order valence-electron chi connectivity index (χ0n) is 15.3. The van der Waals surface area contributed by atoms with Gasteiger partial charge in [0.1, 0.15) is 0 Å². The number of benzene rings is 2. The maximum atomic E-state index is 12.5. The van der Waals surface area contributed by atoms with Gasteiger partial charge in [0, 0.05) is 35.1 Å². The maximum Gasteiger partial charge on any atom is 0.269 e. The summed E-state index contributed by atoms with van der Waals surface area (Å²) in [6, 6.07) is 16.7. The molecule has 9 heteroatoms. The van der Waals surface area contributed by atoms with Gasteiger partial charge in [0.25, 0.3) is 11.6 Å². The zero-order chi connectivity index (χ0) is 21.1. The molecule has 4 rings (SSSR count). The highest BCUT2D eigenvalue weighted by Crippen LogP contribution is 2.39. The lowest BCUT2D eigenvalue weighted by Gasteiger charge is -2.03. The SMILES string of the molecule is O=C(Nc1nc(-c2ccc([N+](=O)[O-])cc2)c(-c2ccc(Cl)cc2)s1)c1cccnc1. The van der Waals surface area contributed by atoms with Crippen LogP contribution in [0.3, 0.4) is 0 Å². The Balaban J connectivity index is 1.74. The first-order valence-corrected chi connectivity index (χ1v) is 9.93. The van der Waals surface area contributed by atoms with Crippen LogP contribution in [0, 0.1) is 10.1 Å². The third-order valence-corrected chi connectivity index (χ3v) is 5.50. The Morgan fingerprint density at radius 3 is 2.37 bits per heavy atom. The van der Waals surface area contributed by atoms with Gasteiger partial charge in [-0.3, -0.25) is 25.2 Å². The van der Waals surface area contributed by atoms with E-state index in [-0.39, 0.29) is 11.6 Å². The number of carbonyl (C=O) groups is 1. The lowest BCUT2D eigenvalue weighted by Crippen LogP contribution is -2.11. The monoisotopic (exact) mass is 436 g/mol. The minimum absolute atomic E-state index is 0.00729. The molecule has 0 saturated heterocycles. The first-order chi connectivity index (χ1) is 14.5. The topological polar surface area (TPSA) is 98.0 Å². The second-order valence-electron chi connectivity index (χ2n) is 6.20. The summed E-state index contributed by atoms with van der Waals surface area (Å²) in [5.74, 6) is -0.324. The molecule has 0 spiro atoms. The molecule has 4 aromatic rings. The Kier molecular flexibility index (Phi) is 5.51. The predicted molar refractivity (Wildman–Crippen MR) is 117 cm³/mol. The van der Waals surface area contributed by atoms with Crippen molar-refractivity contribution in [2.75, 3.05) is 5.32 Å². The lowest BCUT2D eigenvalue weighted by molar-refractivity contribution is -0.384. The van der Waals surface area contributed by atoms with E-state index < -0.39 is 4.92 Å². The van der Waals surface area contributed by atoms with Crippen molar-refractivity contribution in [2.45, 2.75) is 0 Å². The van der Waals surface area contributed by atoms with Crippen molar-refractivity contribution in [3.63, 3.8) is 0 Å². The number of nitro groups is 1. The van der Waals surface area contributed by atoms with Crippen LogP contribution in [0.25, 0.3) is 21.7 Å². The second kappa shape index (κ2) is 8.40. The van der Waals surface area contributed by atoms with E-state index in [1.165, 1.54) is 29.7 Å². The molecule has 0 aliphatic carbocycles. The summed E-state index contributed by atoms with van der Waals surface area (Å²) in [5.41, 5.74) is 2.58. The number of halogens is 1. The van der Waals surface area contributed by atoms with Gasteiger partial charge in [-0.15, -0.1) is 0 Å². The molecular weight excluding hydrogens is 424 g/mol. The molecule has 1 amide bonds. The summed E-state index contributed by atoms with van der Waals surface area (Å²) < 4.78 is 0. The summed E-state index contributed by atoms with van der Waals surface area (Å²) >= 11 is 7.31. The van der Waals surface area contributed by atoms with E-state index >= 15 is 0 Å². The Bertz CT molecular complexity index is 1210. The zero-order valence-corrected chi connectivity index (χ0v) is 16.9. The number of anilines is 1. The molecule has 0 aliphatic rings. The molecule has 30 heavy (non-hydrogen) atoms. The normalized spacial score (nSPS) is 10.6. The Hall–Kier alpha value is -3.62. The van der Waals surface area contributed by atoms with Crippen LogP contribution >= 0.6 is 22.9 Å². The number of non-ortho nitro benzene ring substituents is 1.